The highest BCUT2D eigenvalue weighted by atomic mass is 35.5. The van der Waals surface area contributed by atoms with E-state index in [9.17, 15) is 9.59 Å². The molecule has 1 aliphatic heterocycles. The minimum Gasteiger partial charge on any atom is -0.455 e. The lowest BCUT2D eigenvalue weighted by molar-refractivity contribution is -0.151. The number of morpholine rings is 1. The van der Waals surface area contributed by atoms with E-state index >= 15 is 0 Å². The van der Waals surface area contributed by atoms with Gasteiger partial charge >= 0.3 is 5.97 Å². The molecule has 3 rings (SSSR count). The fraction of sp³-hybridized carbons (Fsp3) is 0.333. The second-order valence-corrected chi connectivity index (χ2v) is 6.96. The van der Waals surface area contributed by atoms with E-state index in [0.717, 1.165) is 15.7 Å². The Balaban J connectivity index is 1.53. The smallest absolute Gasteiger partial charge is 0.316 e. The topological polar surface area (TPSA) is 55.8 Å². The van der Waals surface area contributed by atoms with Crippen LogP contribution in [0.1, 0.15) is 0 Å². The molecule has 0 N–H and O–H groups in total. The number of ether oxygens (including phenoxy) is 2. The molecular formula is C18H18ClNO4S. The highest BCUT2D eigenvalue weighted by Crippen LogP contribution is 2.33. The number of halogens is 1. The highest BCUT2D eigenvalue weighted by Gasteiger charge is 2.18. The first-order valence-corrected chi connectivity index (χ1v) is 9.32. The highest BCUT2D eigenvalue weighted by molar-refractivity contribution is 8.00. The Morgan fingerprint density at radius 1 is 1.16 bits per heavy atom. The number of amides is 1. The first-order valence-electron chi connectivity index (χ1n) is 7.96. The third-order valence-corrected chi connectivity index (χ3v) is 5.23. The molecule has 1 heterocycles. The average molecular weight is 380 g/mol. The van der Waals surface area contributed by atoms with Crippen LogP contribution in [0.5, 0.6) is 0 Å². The maximum atomic E-state index is 12.0. The van der Waals surface area contributed by atoms with Crippen LogP contribution in [0.4, 0.5) is 0 Å². The molecule has 25 heavy (non-hydrogen) atoms. The molecule has 5 nitrogen and oxygen atoms in total. The first kappa shape index (κ1) is 18.0. The van der Waals surface area contributed by atoms with Gasteiger partial charge in [-0.25, -0.2) is 0 Å². The largest absolute Gasteiger partial charge is 0.455 e. The van der Waals surface area contributed by atoms with Gasteiger partial charge in [0.2, 0.25) is 0 Å². The van der Waals surface area contributed by atoms with Crippen LogP contribution in [0, 0.1) is 0 Å². The summed E-state index contributed by atoms with van der Waals surface area (Å²) in [5.41, 5.74) is 0. The summed E-state index contributed by atoms with van der Waals surface area (Å²) in [6, 6.07) is 11.5. The number of fused-ring (bicyclic) bond motifs is 1. The van der Waals surface area contributed by atoms with Crippen LogP contribution in [-0.2, 0) is 19.1 Å². The summed E-state index contributed by atoms with van der Waals surface area (Å²) in [4.78, 5) is 26.5. The van der Waals surface area contributed by atoms with Gasteiger partial charge in [0.1, 0.15) is 0 Å². The molecule has 132 valence electrons. The summed E-state index contributed by atoms with van der Waals surface area (Å²) in [6.07, 6.45) is 0. The van der Waals surface area contributed by atoms with Crippen molar-refractivity contribution in [1.29, 1.82) is 0 Å². The van der Waals surface area contributed by atoms with Gasteiger partial charge in [0.25, 0.3) is 5.91 Å². The molecule has 1 aliphatic rings. The Morgan fingerprint density at radius 2 is 1.88 bits per heavy atom. The zero-order valence-electron chi connectivity index (χ0n) is 13.6. The zero-order chi connectivity index (χ0) is 17.6. The van der Waals surface area contributed by atoms with Gasteiger partial charge in [0.15, 0.2) is 6.61 Å². The van der Waals surface area contributed by atoms with Crippen molar-refractivity contribution in [2.75, 3.05) is 38.7 Å². The molecule has 0 saturated carbocycles. The van der Waals surface area contributed by atoms with Gasteiger partial charge in [0.05, 0.1) is 19.0 Å². The van der Waals surface area contributed by atoms with Crippen molar-refractivity contribution < 1.29 is 19.1 Å². The van der Waals surface area contributed by atoms with Gasteiger partial charge in [0, 0.05) is 28.4 Å². The van der Waals surface area contributed by atoms with Crippen molar-refractivity contribution in [3.63, 3.8) is 0 Å². The van der Waals surface area contributed by atoms with E-state index in [1.165, 1.54) is 11.8 Å². The Morgan fingerprint density at radius 3 is 2.64 bits per heavy atom. The molecule has 2 aromatic rings. The van der Waals surface area contributed by atoms with Crippen LogP contribution in [-0.4, -0.2) is 55.4 Å². The third kappa shape index (κ3) is 4.66. The van der Waals surface area contributed by atoms with Crippen molar-refractivity contribution in [3.05, 3.63) is 41.4 Å². The summed E-state index contributed by atoms with van der Waals surface area (Å²) in [6.45, 7) is 1.91. The fourth-order valence-corrected chi connectivity index (χ4v) is 3.85. The number of esters is 1. The summed E-state index contributed by atoms with van der Waals surface area (Å²) >= 11 is 7.63. The van der Waals surface area contributed by atoms with Crippen LogP contribution >= 0.6 is 23.4 Å². The monoisotopic (exact) mass is 379 g/mol. The van der Waals surface area contributed by atoms with Crippen molar-refractivity contribution in [1.82, 2.24) is 4.90 Å². The summed E-state index contributed by atoms with van der Waals surface area (Å²) < 4.78 is 10.3. The molecule has 0 aromatic heterocycles. The van der Waals surface area contributed by atoms with Crippen LogP contribution in [0.25, 0.3) is 10.8 Å². The molecule has 0 spiro atoms. The van der Waals surface area contributed by atoms with E-state index in [-0.39, 0.29) is 18.3 Å². The van der Waals surface area contributed by atoms with Crippen molar-refractivity contribution in [2.24, 2.45) is 0 Å². The minimum atomic E-state index is -0.421. The average Bonchev–Trinajstić information content (AvgIpc) is 2.65. The third-order valence-electron chi connectivity index (χ3n) is 3.88. The van der Waals surface area contributed by atoms with Gasteiger partial charge in [-0.1, -0.05) is 35.9 Å². The molecule has 0 atom stereocenters. The minimum absolute atomic E-state index is 0.126. The Bertz CT molecular complexity index is 772. The second-order valence-electron chi connectivity index (χ2n) is 5.54. The molecule has 0 aliphatic carbocycles. The summed E-state index contributed by atoms with van der Waals surface area (Å²) in [7, 11) is 0. The van der Waals surface area contributed by atoms with E-state index in [2.05, 4.69) is 0 Å². The zero-order valence-corrected chi connectivity index (χ0v) is 15.1. The molecule has 0 unspecified atom stereocenters. The predicted molar refractivity (Wildman–Crippen MR) is 98.0 cm³/mol. The van der Waals surface area contributed by atoms with E-state index in [4.69, 9.17) is 21.1 Å². The van der Waals surface area contributed by atoms with Crippen molar-refractivity contribution >= 4 is 46.0 Å². The van der Waals surface area contributed by atoms with Crippen LogP contribution in [0.15, 0.2) is 41.3 Å². The summed E-state index contributed by atoms with van der Waals surface area (Å²) in [5, 5.41) is 2.60. The van der Waals surface area contributed by atoms with E-state index in [1.807, 2.05) is 36.4 Å². The van der Waals surface area contributed by atoms with Gasteiger partial charge in [-0.3, -0.25) is 9.59 Å². The Labute approximate surface area is 155 Å². The Kier molecular flexibility index (Phi) is 6.18. The van der Waals surface area contributed by atoms with Gasteiger partial charge < -0.3 is 14.4 Å². The number of nitrogens with zero attached hydrogens (tertiary/aromatic N) is 1. The first-order chi connectivity index (χ1) is 12.1. The lowest BCUT2D eigenvalue weighted by Gasteiger charge is -2.26. The number of rotatable bonds is 5. The molecule has 1 saturated heterocycles. The quantitative estimate of drug-likeness (QED) is 0.590. The van der Waals surface area contributed by atoms with Crippen molar-refractivity contribution in [2.45, 2.75) is 4.90 Å². The van der Waals surface area contributed by atoms with Crippen LogP contribution in [0.3, 0.4) is 0 Å². The van der Waals surface area contributed by atoms with E-state index in [1.54, 1.807) is 4.90 Å². The summed E-state index contributed by atoms with van der Waals surface area (Å²) in [5.74, 6) is -0.480. The molecule has 0 radical (unpaired) electrons. The van der Waals surface area contributed by atoms with Gasteiger partial charge in [-0.05, 0) is 17.5 Å². The van der Waals surface area contributed by atoms with Crippen molar-refractivity contribution in [3.8, 4) is 0 Å². The number of hydrogen-bond donors (Lipinski definition) is 0. The van der Waals surface area contributed by atoms with Gasteiger partial charge in [-0.15, -0.1) is 11.8 Å². The molecule has 2 aromatic carbocycles. The SMILES string of the molecule is O=C(CSc1cccc2cccc(Cl)c12)OCC(=O)N1CCOCC1. The number of thioether (sulfide) groups is 1. The maximum absolute atomic E-state index is 12.0. The molecular weight excluding hydrogens is 362 g/mol. The fourth-order valence-electron chi connectivity index (χ4n) is 2.61. The van der Waals surface area contributed by atoms with E-state index < -0.39 is 5.97 Å². The maximum Gasteiger partial charge on any atom is 0.316 e. The molecule has 7 heteroatoms. The molecule has 1 fully saturated rings. The van der Waals surface area contributed by atoms with E-state index in [0.29, 0.717) is 31.3 Å². The van der Waals surface area contributed by atoms with Crippen LogP contribution < -0.4 is 0 Å². The lowest BCUT2D eigenvalue weighted by Crippen LogP contribution is -2.42. The van der Waals surface area contributed by atoms with Gasteiger partial charge in [-0.2, -0.15) is 0 Å². The van der Waals surface area contributed by atoms with Crippen LogP contribution in [0.2, 0.25) is 5.02 Å². The lowest BCUT2D eigenvalue weighted by atomic mass is 10.1. The molecule has 1 amide bonds. The predicted octanol–water partition coefficient (Wildman–Crippen LogP) is 2.99. The number of carbonyl (C=O) groups is 2. The number of benzene rings is 2. The number of hydrogen-bond acceptors (Lipinski definition) is 5. The Hall–Kier alpha value is -1.76. The standard InChI is InChI=1S/C18H18ClNO4S/c19-14-5-1-3-13-4-2-6-15(18(13)14)25-12-17(22)24-11-16(21)20-7-9-23-10-8-20/h1-6H,7-12H2. The normalized spacial score (nSPS) is 14.5. The number of carbonyl (C=O) groups excluding carboxylic acids is 2. The molecule has 0 bridgehead atoms. The second kappa shape index (κ2) is 8.56.